The number of anilines is 1. The number of ether oxygens (including phenoxy) is 3. The van der Waals surface area contributed by atoms with Crippen molar-refractivity contribution in [2.45, 2.75) is 6.92 Å². The Kier molecular flexibility index (Phi) is 5.71. The quantitative estimate of drug-likeness (QED) is 0.635. The van der Waals surface area contributed by atoms with Crippen LogP contribution in [0.1, 0.15) is 12.5 Å². The summed E-state index contributed by atoms with van der Waals surface area (Å²) < 4.78 is 16.0. The molecule has 0 amide bonds. The Morgan fingerprint density at radius 3 is 2.13 bits per heavy atom. The van der Waals surface area contributed by atoms with Gasteiger partial charge in [-0.2, -0.15) is 5.10 Å². The number of hydrogen-bond donors (Lipinski definition) is 1. The summed E-state index contributed by atoms with van der Waals surface area (Å²) in [6.07, 6.45) is 0. The van der Waals surface area contributed by atoms with E-state index in [1.807, 2.05) is 37.3 Å². The molecule has 0 saturated carbocycles. The summed E-state index contributed by atoms with van der Waals surface area (Å²) in [6.45, 7) is 1.88. The van der Waals surface area contributed by atoms with E-state index in [4.69, 9.17) is 25.8 Å². The first-order valence-electron chi connectivity index (χ1n) is 6.96. The van der Waals surface area contributed by atoms with Crippen molar-refractivity contribution in [2.24, 2.45) is 5.10 Å². The van der Waals surface area contributed by atoms with Crippen molar-refractivity contribution < 1.29 is 14.2 Å². The largest absolute Gasteiger partial charge is 0.493 e. The summed E-state index contributed by atoms with van der Waals surface area (Å²) in [4.78, 5) is 0. The van der Waals surface area contributed by atoms with Crippen molar-refractivity contribution in [3.8, 4) is 17.2 Å². The zero-order chi connectivity index (χ0) is 16.8. The molecule has 0 atom stereocenters. The minimum Gasteiger partial charge on any atom is -0.493 e. The average Bonchev–Trinajstić information content (AvgIpc) is 2.59. The molecule has 0 radical (unpaired) electrons. The molecule has 0 aliphatic carbocycles. The first kappa shape index (κ1) is 17.0. The van der Waals surface area contributed by atoms with E-state index in [0.717, 1.165) is 17.0 Å². The van der Waals surface area contributed by atoms with Crippen molar-refractivity contribution in [3.05, 3.63) is 47.0 Å². The second kappa shape index (κ2) is 7.74. The van der Waals surface area contributed by atoms with Gasteiger partial charge >= 0.3 is 0 Å². The molecule has 23 heavy (non-hydrogen) atoms. The van der Waals surface area contributed by atoms with Gasteiger partial charge in [-0.25, -0.2) is 0 Å². The van der Waals surface area contributed by atoms with Crippen LogP contribution >= 0.6 is 11.6 Å². The van der Waals surface area contributed by atoms with E-state index in [9.17, 15) is 0 Å². The van der Waals surface area contributed by atoms with Gasteiger partial charge in [-0.05, 0) is 31.2 Å². The molecular formula is C17H19ClN2O3. The Balaban J connectivity index is 2.33. The van der Waals surface area contributed by atoms with Gasteiger partial charge in [-0.3, -0.25) is 5.43 Å². The summed E-state index contributed by atoms with van der Waals surface area (Å²) in [6, 6.07) is 11.1. The summed E-state index contributed by atoms with van der Waals surface area (Å²) in [5, 5.41) is 4.97. The molecule has 0 aromatic heterocycles. The van der Waals surface area contributed by atoms with E-state index < -0.39 is 0 Å². The third kappa shape index (κ3) is 3.87. The highest BCUT2D eigenvalue weighted by molar-refractivity contribution is 6.33. The summed E-state index contributed by atoms with van der Waals surface area (Å²) in [5.74, 6) is 1.70. The van der Waals surface area contributed by atoms with Crippen LogP contribution in [0.4, 0.5) is 5.69 Å². The maximum Gasteiger partial charge on any atom is 0.203 e. The molecule has 0 spiro atoms. The molecule has 0 bridgehead atoms. The predicted molar refractivity (Wildman–Crippen MR) is 93.4 cm³/mol. The van der Waals surface area contributed by atoms with Gasteiger partial charge in [0, 0.05) is 5.56 Å². The van der Waals surface area contributed by atoms with Crippen LogP contribution in [0.15, 0.2) is 41.5 Å². The average molecular weight is 335 g/mol. The maximum atomic E-state index is 6.10. The first-order chi connectivity index (χ1) is 11.1. The standard InChI is InChI=1S/C17H19ClN2O3/c1-11(19-20-14-8-6-5-7-13(14)18)12-9-15(21-2)17(23-4)16(10-12)22-3/h5-10,20H,1-4H3/b19-11-. The van der Waals surface area contributed by atoms with Crippen LogP contribution in [0.2, 0.25) is 5.02 Å². The fraction of sp³-hybridized carbons (Fsp3) is 0.235. The Morgan fingerprint density at radius 2 is 1.61 bits per heavy atom. The smallest absolute Gasteiger partial charge is 0.203 e. The Bertz CT molecular complexity index is 692. The molecule has 0 fully saturated rings. The minimum absolute atomic E-state index is 0.547. The van der Waals surface area contributed by atoms with Crippen LogP contribution in [-0.4, -0.2) is 27.0 Å². The fourth-order valence-corrected chi connectivity index (χ4v) is 2.23. The van der Waals surface area contributed by atoms with Gasteiger partial charge in [0.1, 0.15) is 0 Å². The van der Waals surface area contributed by atoms with Crippen molar-refractivity contribution in [1.82, 2.24) is 0 Å². The van der Waals surface area contributed by atoms with E-state index in [1.165, 1.54) is 0 Å². The highest BCUT2D eigenvalue weighted by Gasteiger charge is 2.14. The summed E-state index contributed by atoms with van der Waals surface area (Å²) in [7, 11) is 4.73. The third-order valence-corrected chi connectivity index (χ3v) is 3.63. The number of hydrogen-bond acceptors (Lipinski definition) is 5. The summed E-state index contributed by atoms with van der Waals surface area (Å²) >= 11 is 6.10. The lowest BCUT2D eigenvalue weighted by Crippen LogP contribution is -2.03. The van der Waals surface area contributed by atoms with Crippen LogP contribution in [0, 0.1) is 0 Å². The van der Waals surface area contributed by atoms with E-state index >= 15 is 0 Å². The number of halogens is 1. The van der Waals surface area contributed by atoms with Crippen LogP contribution < -0.4 is 19.6 Å². The predicted octanol–water partition coefficient (Wildman–Crippen LogP) is 4.20. The van der Waals surface area contributed by atoms with Crippen LogP contribution in [0.3, 0.4) is 0 Å². The van der Waals surface area contributed by atoms with Gasteiger partial charge in [-0.1, -0.05) is 23.7 Å². The molecule has 5 nitrogen and oxygen atoms in total. The Morgan fingerprint density at radius 1 is 1.00 bits per heavy atom. The number of methoxy groups -OCH3 is 3. The molecule has 0 aliphatic heterocycles. The van der Waals surface area contributed by atoms with E-state index in [-0.39, 0.29) is 0 Å². The van der Waals surface area contributed by atoms with Crippen LogP contribution in [0.5, 0.6) is 17.2 Å². The highest BCUT2D eigenvalue weighted by atomic mass is 35.5. The molecule has 2 aromatic rings. The molecular weight excluding hydrogens is 316 g/mol. The molecule has 6 heteroatoms. The molecule has 0 unspecified atom stereocenters. The molecule has 1 N–H and O–H groups in total. The van der Waals surface area contributed by atoms with Gasteiger partial charge in [0.15, 0.2) is 11.5 Å². The SMILES string of the molecule is COc1cc(/C(C)=N\Nc2ccccc2Cl)cc(OC)c1OC. The third-order valence-electron chi connectivity index (χ3n) is 3.30. The molecule has 0 saturated heterocycles. The minimum atomic E-state index is 0.547. The zero-order valence-corrected chi connectivity index (χ0v) is 14.3. The van der Waals surface area contributed by atoms with Crippen LogP contribution in [-0.2, 0) is 0 Å². The lowest BCUT2D eigenvalue weighted by Gasteiger charge is -2.14. The van der Waals surface area contributed by atoms with Crippen molar-refractivity contribution >= 4 is 23.0 Å². The lowest BCUT2D eigenvalue weighted by molar-refractivity contribution is 0.324. The maximum absolute atomic E-state index is 6.10. The second-order valence-corrected chi connectivity index (χ2v) is 5.11. The van der Waals surface area contributed by atoms with Gasteiger partial charge < -0.3 is 14.2 Å². The molecule has 2 aromatic carbocycles. The molecule has 2 rings (SSSR count). The number of rotatable bonds is 6. The van der Waals surface area contributed by atoms with Gasteiger partial charge in [0.25, 0.3) is 0 Å². The summed E-state index contributed by atoms with van der Waals surface area (Å²) in [5.41, 5.74) is 5.30. The normalized spacial score (nSPS) is 11.1. The topological polar surface area (TPSA) is 52.1 Å². The molecule has 0 heterocycles. The number of para-hydroxylation sites is 1. The monoisotopic (exact) mass is 334 g/mol. The van der Waals surface area contributed by atoms with E-state index in [0.29, 0.717) is 22.3 Å². The van der Waals surface area contributed by atoms with E-state index in [2.05, 4.69) is 10.5 Å². The van der Waals surface area contributed by atoms with Crippen molar-refractivity contribution in [1.29, 1.82) is 0 Å². The van der Waals surface area contributed by atoms with Gasteiger partial charge in [-0.15, -0.1) is 0 Å². The van der Waals surface area contributed by atoms with E-state index in [1.54, 1.807) is 27.4 Å². The molecule has 122 valence electrons. The highest BCUT2D eigenvalue weighted by Crippen LogP contribution is 2.38. The van der Waals surface area contributed by atoms with Crippen molar-refractivity contribution in [2.75, 3.05) is 26.8 Å². The lowest BCUT2D eigenvalue weighted by atomic mass is 10.1. The Labute approximate surface area is 140 Å². The Hall–Kier alpha value is -2.40. The number of nitrogens with one attached hydrogen (secondary N) is 1. The fourth-order valence-electron chi connectivity index (χ4n) is 2.05. The van der Waals surface area contributed by atoms with Crippen LogP contribution in [0.25, 0.3) is 0 Å². The van der Waals surface area contributed by atoms with Gasteiger partial charge in [0.2, 0.25) is 5.75 Å². The number of benzene rings is 2. The second-order valence-electron chi connectivity index (χ2n) is 4.70. The first-order valence-corrected chi connectivity index (χ1v) is 7.33. The van der Waals surface area contributed by atoms with Crippen molar-refractivity contribution in [3.63, 3.8) is 0 Å². The zero-order valence-electron chi connectivity index (χ0n) is 13.5. The molecule has 0 aliphatic rings. The number of nitrogens with zero attached hydrogens (tertiary/aromatic N) is 1. The number of hydrazone groups is 1. The van der Waals surface area contributed by atoms with Gasteiger partial charge in [0.05, 0.1) is 37.8 Å².